The molecule has 5 heteroatoms. The van der Waals surface area contributed by atoms with Crippen molar-refractivity contribution in [3.8, 4) is 0 Å². The van der Waals surface area contributed by atoms with Gasteiger partial charge in [0, 0.05) is 35.4 Å². The van der Waals surface area contributed by atoms with Crippen molar-refractivity contribution in [3.05, 3.63) is 35.6 Å². The zero-order valence-corrected chi connectivity index (χ0v) is 10.8. The third-order valence-corrected chi connectivity index (χ3v) is 3.35. The first-order valence-electron chi connectivity index (χ1n) is 5.46. The first-order chi connectivity index (χ1) is 7.99. The van der Waals surface area contributed by atoms with Gasteiger partial charge in [0.2, 0.25) is 0 Å². The van der Waals surface area contributed by atoms with E-state index in [1.165, 1.54) is 12.1 Å². The summed E-state index contributed by atoms with van der Waals surface area (Å²) < 4.78 is 23.9. The normalized spacial score (nSPS) is 16.5. The molecular formula is C12H18FNO2S. The molecule has 96 valence electrons. The molecule has 0 saturated carbocycles. The Morgan fingerprint density at radius 1 is 1.53 bits per heavy atom. The van der Waals surface area contributed by atoms with E-state index in [1.807, 2.05) is 6.92 Å². The molecule has 3 atom stereocenters. The van der Waals surface area contributed by atoms with Gasteiger partial charge >= 0.3 is 0 Å². The summed E-state index contributed by atoms with van der Waals surface area (Å²) >= 11 is 0. The van der Waals surface area contributed by atoms with Crippen LogP contribution in [0, 0.1) is 5.82 Å². The SMILES string of the molecule is CC(CS(C)=O)NCC(O)c1cccc(F)c1. The van der Waals surface area contributed by atoms with E-state index >= 15 is 0 Å². The summed E-state index contributed by atoms with van der Waals surface area (Å²) in [7, 11) is -0.863. The fraction of sp³-hybridized carbons (Fsp3) is 0.500. The molecule has 2 N–H and O–H groups in total. The predicted octanol–water partition coefficient (Wildman–Crippen LogP) is 1.22. The van der Waals surface area contributed by atoms with Gasteiger partial charge in [-0.2, -0.15) is 0 Å². The number of aliphatic hydroxyl groups excluding tert-OH is 1. The van der Waals surface area contributed by atoms with E-state index in [1.54, 1.807) is 18.4 Å². The lowest BCUT2D eigenvalue weighted by Crippen LogP contribution is -2.34. The van der Waals surface area contributed by atoms with Gasteiger partial charge < -0.3 is 10.4 Å². The van der Waals surface area contributed by atoms with Gasteiger partial charge in [0.05, 0.1) is 6.10 Å². The maximum absolute atomic E-state index is 12.9. The first-order valence-corrected chi connectivity index (χ1v) is 7.18. The predicted molar refractivity (Wildman–Crippen MR) is 67.8 cm³/mol. The molecule has 0 fully saturated rings. The smallest absolute Gasteiger partial charge is 0.123 e. The van der Waals surface area contributed by atoms with E-state index in [0.717, 1.165) is 0 Å². The van der Waals surface area contributed by atoms with Crippen molar-refractivity contribution in [2.75, 3.05) is 18.6 Å². The van der Waals surface area contributed by atoms with Crippen LogP contribution in [0.2, 0.25) is 0 Å². The third-order valence-electron chi connectivity index (χ3n) is 2.38. The van der Waals surface area contributed by atoms with Crippen LogP contribution < -0.4 is 5.32 Å². The Hall–Kier alpha value is -0.780. The van der Waals surface area contributed by atoms with Crippen LogP contribution in [-0.2, 0) is 10.8 Å². The zero-order valence-electron chi connectivity index (χ0n) is 10.0. The van der Waals surface area contributed by atoms with Crippen molar-refractivity contribution in [1.29, 1.82) is 0 Å². The molecular weight excluding hydrogens is 241 g/mol. The topological polar surface area (TPSA) is 49.3 Å². The van der Waals surface area contributed by atoms with Gasteiger partial charge in [-0.1, -0.05) is 12.1 Å². The molecule has 0 radical (unpaired) electrons. The lowest BCUT2D eigenvalue weighted by atomic mass is 10.1. The first kappa shape index (κ1) is 14.3. The highest BCUT2D eigenvalue weighted by Crippen LogP contribution is 2.13. The number of rotatable bonds is 6. The number of hydrogen-bond acceptors (Lipinski definition) is 3. The van der Waals surface area contributed by atoms with E-state index in [0.29, 0.717) is 17.9 Å². The standard InChI is InChI=1S/C12H18FNO2S/c1-9(8-17(2)16)14-7-12(15)10-4-3-5-11(13)6-10/h3-6,9,12,14-15H,7-8H2,1-2H3. The molecule has 1 rings (SSSR count). The van der Waals surface area contributed by atoms with E-state index in [4.69, 9.17) is 0 Å². The molecule has 1 aromatic rings. The molecule has 0 aromatic heterocycles. The van der Waals surface area contributed by atoms with Gasteiger partial charge in [0.15, 0.2) is 0 Å². The van der Waals surface area contributed by atoms with Crippen LogP contribution in [-0.4, -0.2) is 33.9 Å². The van der Waals surface area contributed by atoms with Gasteiger partial charge in [-0.15, -0.1) is 0 Å². The maximum Gasteiger partial charge on any atom is 0.123 e. The van der Waals surface area contributed by atoms with Crippen molar-refractivity contribution >= 4 is 10.8 Å². The average Bonchev–Trinajstić information content (AvgIpc) is 2.25. The van der Waals surface area contributed by atoms with Crippen LogP contribution in [0.4, 0.5) is 4.39 Å². The van der Waals surface area contributed by atoms with Crippen LogP contribution in [0.5, 0.6) is 0 Å². The molecule has 1 aromatic carbocycles. The third kappa shape index (κ3) is 5.39. The molecule has 0 aliphatic heterocycles. The minimum absolute atomic E-state index is 0.0593. The minimum Gasteiger partial charge on any atom is -0.387 e. The molecule has 0 saturated heterocycles. The Bertz CT molecular complexity index is 387. The molecule has 0 aliphatic rings. The van der Waals surface area contributed by atoms with Gasteiger partial charge in [0.1, 0.15) is 5.82 Å². The fourth-order valence-corrected chi connectivity index (χ4v) is 2.38. The van der Waals surface area contributed by atoms with E-state index < -0.39 is 16.9 Å². The van der Waals surface area contributed by atoms with Crippen molar-refractivity contribution in [2.45, 2.75) is 19.1 Å². The number of nitrogens with one attached hydrogen (secondary N) is 1. The Kier molecular flexibility index (Phi) is 5.74. The lowest BCUT2D eigenvalue weighted by molar-refractivity contribution is 0.171. The highest BCUT2D eigenvalue weighted by Gasteiger charge is 2.10. The lowest BCUT2D eigenvalue weighted by Gasteiger charge is -2.16. The minimum atomic E-state index is -0.863. The zero-order chi connectivity index (χ0) is 12.8. The molecule has 17 heavy (non-hydrogen) atoms. The Morgan fingerprint density at radius 3 is 2.82 bits per heavy atom. The number of benzene rings is 1. The van der Waals surface area contributed by atoms with Gasteiger partial charge in [-0.3, -0.25) is 4.21 Å². The van der Waals surface area contributed by atoms with E-state index in [2.05, 4.69) is 5.32 Å². The number of hydrogen-bond donors (Lipinski definition) is 2. The highest BCUT2D eigenvalue weighted by molar-refractivity contribution is 7.84. The quantitative estimate of drug-likeness (QED) is 0.807. The molecule has 0 aliphatic carbocycles. The molecule has 0 heterocycles. The summed E-state index contributed by atoms with van der Waals surface area (Å²) in [4.78, 5) is 0. The number of aliphatic hydroxyl groups is 1. The van der Waals surface area contributed by atoms with Gasteiger partial charge in [-0.25, -0.2) is 4.39 Å². The number of halogens is 1. The van der Waals surface area contributed by atoms with Crippen LogP contribution in [0.1, 0.15) is 18.6 Å². The summed E-state index contributed by atoms with van der Waals surface area (Å²) in [6.45, 7) is 2.22. The van der Waals surface area contributed by atoms with Gasteiger partial charge in [-0.05, 0) is 24.6 Å². The molecule has 3 unspecified atom stereocenters. The maximum atomic E-state index is 12.9. The largest absolute Gasteiger partial charge is 0.387 e. The van der Waals surface area contributed by atoms with Crippen molar-refractivity contribution < 1.29 is 13.7 Å². The van der Waals surface area contributed by atoms with Crippen molar-refractivity contribution in [3.63, 3.8) is 0 Å². The summed E-state index contributed by atoms with van der Waals surface area (Å²) in [6, 6.07) is 5.96. The van der Waals surface area contributed by atoms with Crippen LogP contribution in [0.25, 0.3) is 0 Å². The fourth-order valence-electron chi connectivity index (χ4n) is 1.56. The second kappa shape index (κ2) is 6.83. The Labute approximate surface area is 104 Å². The second-order valence-electron chi connectivity index (χ2n) is 4.12. The van der Waals surface area contributed by atoms with Gasteiger partial charge in [0.25, 0.3) is 0 Å². The summed E-state index contributed by atoms with van der Waals surface area (Å²) in [6.07, 6.45) is 0.889. The van der Waals surface area contributed by atoms with Crippen molar-refractivity contribution in [2.24, 2.45) is 0 Å². The molecule has 0 bridgehead atoms. The highest BCUT2D eigenvalue weighted by atomic mass is 32.2. The summed E-state index contributed by atoms with van der Waals surface area (Å²) in [5.41, 5.74) is 0.544. The van der Waals surface area contributed by atoms with Crippen molar-refractivity contribution in [1.82, 2.24) is 5.32 Å². The molecule has 3 nitrogen and oxygen atoms in total. The molecule has 0 amide bonds. The van der Waals surface area contributed by atoms with Crippen LogP contribution in [0.15, 0.2) is 24.3 Å². The monoisotopic (exact) mass is 259 g/mol. The molecule has 0 spiro atoms. The Morgan fingerprint density at radius 2 is 2.24 bits per heavy atom. The summed E-state index contributed by atoms with van der Waals surface area (Å²) in [5.74, 6) is 0.180. The van der Waals surface area contributed by atoms with E-state index in [9.17, 15) is 13.7 Å². The average molecular weight is 259 g/mol. The van der Waals surface area contributed by atoms with Crippen LogP contribution in [0.3, 0.4) is 0 Å². The summed E-state index contributed by atoms with van der Waals surface area (Å²) in [5, 5.41) is 12.9. The van der Waals surface area contributed by atoms with E-state index in [-0.39, 0.29) is 11.9 Å². The second-order valence-corrected chi connectivity index (χ2v) is 5.60. The Balaban J connectivity index is 2.44. The van der Waals surface area contributed by atoms with Crippen LogP contribution >= 0.6 is 0 Å².